The van der Waals surface area contributed by atoms with Gasteiger partial charge in [-0.25, -0.2) is 0 Å². The van der Waals surface area contributed by atoms with E-state index in [4.69, 9.17) is 5.26 Å². The minimum absolute atomic E-state index is 0.160. The zero-order chi connectivity index (χ0) is 11.7. The lowest BCUT2D eigenvalue weighted by Gasteiger charge is -2.12. The van der Waals surface area contributed by atoms with Gasteiger partial charge in [0.25, 0.3) is 5.56 Å². The first-order chi connectivity index (χ1) is 7.61. The average Bonchev–Trinajstić information content (AvgIpc) is 2.63. The molecule has 1 saturated heterocycles. The number of nitrogens with zero attached hydrogens (tertiary/aromatic N) is 2. The van der Waals surface area contributed by atoms with Crippen molar-refractivity contribution in [2.24, 2.45) is 0 Å². The van der Waals surface area contributed by atoms with Gasteiger partial charge in [-0.15, -0.1) is 0 Å². The molecular weight excluding hydrogens is 206 g/mol. The number of H-pyrrole nitrogens is 1. The summed E-state index contributed by atoms with van der Waals surface area (Å²) in [5.74, 6) is -0.160. The summed E-state index contributed by atoms with van der Waals surface area (Å²) in [6, 6.07) is 3.36. The highest BCUT2D eigenvalue weighted by atomic mass is 16.3. The van der Waals surface area contributed by atoms with Crippen LogP contribution in [0.1, 0.15) is 23.5 Å². The molecule has 0 bridgehead atoms. The van der Waals surface area contributed by atoms with E-state index in [1.165, 1.54) is 6.07 Å². The number of hydrogen-bond donors (Lipinski definition) is 2. The summed E-state index contributed by atoms with van der Waals surface area (Å²) in [7, 11) is 2.00. The third-order valence-corrected chi connectivity index (χ3v) is 3.00. The average molecular weight is 219 g/mol. The lowest BCUT2D eigenvalue weighted by molar-refractivity contribution is 0.410. The maximum Gasteiger partial charge on any atom is 0.251 e. The maximum atomic E-state index is 11.3. The molecule has 0 amide bonds. The standard InChI is InChI=1S/C11H13N3O2/c1-14-3-2-7(6-14)8-4-10(15)13-11(16)9(8)5-12/h4,7H,2-3,6H2,1H3,(H2,13,15,16). The van der Waals surface area contributed by atoms with Gasteiger partial charge in [-0.3, -0.25) is 9.78 Å². The molecule has 1 aliphatic rings. The molecule has 0 radical (unpaired) electrons. The summed E-state index contributed by atoms with van der Waals surface area (Å²) in [5, 5.41) is 18.5. The molecule has 5 heteroatoms. The Morgan fingerprint density at radius 3 is 3.00 bits per heavy atom. The van der Waals surface area contributed by atoms with E-state index < -0.39 is 0 Å². The summed E-state index contributed by atoms with van der Waals surface area (Å²) >= 11 is 0. The fourth-order valence-electron chi connectivity index (χ4n) is 2.19. The molecule has 84 valence electrons. The third-order valence-electron chi connectivity index (χ3n) is 3.00. The summed E-state index contributed by atoms with van der Waals surface area (Å²) in [5.41, 5.74) is 0.494. The van der Waals surface area contributed by atoms with Crippen LogP contribution < -0.4 is 5.56 Å². The quantitative estimate of drug-likeness (QED) is 0.715. The van der Waals surface area contributed by atoms with Gasteiger partial charge in [0.2, 0.25) is 5.88 Å². The normalized spacial score (nSPS) is 20.9. The molecule has 1 fully saturated rings. The molecule has 1 atom stereocenters. The molecule has 0 saturated carbocycles. The van der Waals surface area contributed by atoms with Crippen LogP contribution in [-0.2, 0) is 0 Å². The molecule has 1 aromatic heterocycles. The fourth-order valence-corrected chi connectivity index (χ4v) is 2.19. The largest absolute Gasteiger partial charge is 0.494 e. The molecule has 1 aromatic rings. The highest BCUT2D eigenvalue weighted by Gasteiger charge is 2.25. The molecule has 1 aliphatic heterocycles. The molecule has 2 N–H and O–H groups in total. The van der Waals surface area contributed by atoms with Gasteiger partial charge in [0, 0.05) is 12.6 Å². The number of aromatic nitrogens is 1. The van der Waals surface area contributed by atoms with Crippen molar-refractivity contribution in [3.05, 3.63) is 27.5 Å². The smallest absolute Gasteiger partial charge is 0.251 e. The van der Waals surface area contributed by atoms with Gasteiger partial charge in [0.05, 0.1) is 0 Å². The van der Waals surface area contributed by atoms with Gasteiger partial charge in [-0.1, -0.05) is 0 Å². The Bertz CT molecular complexity index is 501. The molecule has 2 heterocycles. The van der Waals surface area contributed by atoms with Crippen molar-refractivity contribution in [3.8, 4) is 11.9 Å². The van der Waals surface area contributed by atoms with Crippen molar-refractivity contribution in [2.45, 2.75) is 12.3 Å². The van der Waals surface area contributed by atoms with E-state index in [1.807, 2.05) is 13.1 Å². The summed E-state index contributed by atoms with van der Waals surface area (Å²) in [4.78, 5) is 15.7. The number of likely N-dealkylation sites (tertiary alicyclic amines) is 1. The van der Waals surface area contributed by atoms with E-state index in [0.717, 1.165) is 19.5 Å². The monoisotopic (exact) mass is 219 g/mol. The first-order valence-electron chi connectivity index (χ1n) is 5.16. The van der Waals surface area contributed by atoms with E-state index >= 15 is 0 Å². The van der Waals surface area contributed by atoms with Gasteiger partial charge in [-0.2, -0.15) is 5.26 Å². The summed E-state index contributed by atoms with van der Waals surface area (Å²) in [6.45, 7) is 1.76. The lowest BCUT2D eigenvalue weighted by atomic mass is 9.95. The number of hydrogen-bond acceptors (Lipinski definition) is 4. The maximum absolute atomic E-state index is 11.3. The Labute approximate surface area is 92.9 Å². The minimum Gasteiger partial charge on any atom is -0.494 e. The first kappa shape index (κ1) is 10.7. The first-order valence-corrected chi connectivity index (χ1v) is 5.16. The number of nitrogens with one attached hydrogen (secondary N) is 1. The van der Waals surface area contributed by atoms with Gasteiger partial charge < -0.3 is 10.0 Å². The van der Waals surface area contributed by atoms with Crippen LogP contribution >= 0.6 is 0 Å². The Morgan fingerprint density at radius 2 is 2.44 bits per heavy atom. The van der Waals surface area contributed by atoms with E-state index in [-0.39, 0.29) is 22.9 Å². The van der Waals surface area contributed by atoms with E-state index in [2.05, 4.69) is 9.88 Å². The van der Waals surface area contributed by atoms with Gasteiger partial charge in [0.1, 0.15) is 11.6 Å². The molecular formula is C11H13N3O2. The topological polar surface area (TPSA) is 80.1 Å². The van der Waals surface area contributed by atoms with Crippen LogP contribution in [0.2, 0.25) is 0 Å². The Hall–Kier alpha value is -1.80. The Morgan fingerprint density at radius 1 is 1.69 bits per heavy atom. The zero-order valence-corrected chi connectivity index (χ0v) is 9.03. The van der Waals surface area contributed by atoms with Gasteiger partial charge >= 0.3 is 0 Å². The van der Waals surface area contributed by atoms with E-state index in [1.54, 1.807) is 0 Å². The Balaban J connectivity index is 2.48. The highest BCUT2D eigenvalue weighted by molar-refractivity contribution is 5.45. The number of aromatic amines is 1. The minimum atomic E-state index is -0.360. The van der Waals surface area contributed by atoms with Crippen LogP contribution in [0.4, 0.5) is 0 Å². The Kier molecular flexibility index (Phi) is 2.67. The van der Waals surface area contributed by atoms with Crippen molar-refractivity contribution >= 4 is 0 Å². The number of aromatic hydroxyl groups is 1. The number of rotatable bonds is 1. The second-order valence-corrected chi connectivity index (χ2v) is 4.17. The highest BCUT2D eigenvalue weighted by Crippen LogP contribution is 2.30. The number of pyridine rings is 1. The molecule has 2 rings (SSSR count). The van der Waals surface area contributed by atoms with Crippen LogP contribution in [-0.4, -0.2) is 35.1 Å². The van der Waals surface area contributed by atoms with Crippen molar-refractivity contribution in [1.82, 2.24) is 9.88 Å². The molecule has 0 aliphatic carbocycles. The zero-order valence-electron chi connectivity index (χ0n) is 9.03. The second-order valence-electron chi connectivity index (χ2n) is 4.17. The molecule has 0 spiro atoms. The van der Waals surface area contributed by atoms with Crippen LogP contribution in [0.3, 0.4) is 0 Å². The van der Waals surface area contributed by atoms with Crippen molar-refractivity contribution < 1.29 is 5.11 Å². The van der Waals surface area contributed by atoms with Gasteiger partial charge in [0.15, 0.2) is 0 Å². The van der Waals surface area contributed by atoms with Crippen LogP contribution in [0, 0.1) is 11.3 Å². The second kappa shape index (κ2) is 3.99. The van der Waals surface area contributed by atoms with Crippen molar-refractivity contribution in [3.63, 3.8) is 0 Å². The molecule has 5 nitrogen and oxygen atoms in total. The van der Waals surface area contributed by atoms with Crippen LogP contribution in [0.25, 0.3) is 0 Å². The summed E-state index contributed by atoms with van der Waals surface area (Å²) in [6.07, 6.45) is 0.911. The van der Waals surface area contributed by atoms with Crippen molar-refractivity contribution in [1.29, 1.82) is 5.26 Å². The molecule has 16 heavy (non-hydrogen) atoms. The van der Waals surface area contributed by atoms with Crippen molar-refractivity contribution in [2.75, 3.05) is 20.1 Å². The predicted octanol–water partition coefficient (Wildman–Crippen LogP) is 0.371. The molecule has 1 unspecified atom stereocenters. The predicted molar refractivity (Wildman–Crippen MR) is 58.3 cm³/mol. The van der Waals surface area contributed by atoms with Crippen LogP contribution in [0.15, 0.2) is 10.9 Å². The van der Waals surface area contributed by atoms with Gasteiger partial charge in [-0.05, 0) is 31.5 Å². The van der Waals surface area contributed by atoms with Crippen LogP contribution in [0.5, 0.6) is 5.88 Å². The SMILES string of the molecule is CN1CCC(c2cc(=O)[nH]c(O)c2C#N)C1. The summed E-state index contributed by atoms with van der Waals surface area (Å²) < 4.78 is 0. The van der Waals surface area contributed by atoms with E-state index in [9.17, 15) is 9.90 Å². The number of nitriles is 1. The third kappa shape index (κ3) is 1.79. The molecule has 0 aromatic carbocycles. The fraction of sp³-hybridized carbons (Fsp3) is 0.455. The van der Waals surface area contributed by atoms with E-state index in [0.29, 0.717) is 5.56 Å². The number of likely N-dealkylation sites (N-methyl/N-ethyl adjacent to an activating group) is 1. The lowest BCUT2D eigenvalue weighted by Crippen LogP contribution is -2.15.